The summed E-state index contributed by atoms with van der Waals surface area (Å²) in [6.45, 7) is 0.389. The van der Waals surface area contributed by atoms with Gasteiger partial charge in [-0.1, -0.05) is 12.1 Å². The molecule has 0 spiro atoms. The zero-order valence-electron chi connectivity index (χ0n) is 11.9. The Morgan fingerprint density at radius 1 is 1.45 bits per heavy atom. The molecule has 0 bridgehead atoms. The number of methoxy groups -OCH3 is 1. The lowest BCUT2D eigenvalue weighted by atomic mass is 9.88. The van der Waals surface area contributed by atoms with Gasteiger partial charge in [-0.2, -0.15) is 0 Å². The molecule has 0 fully saturated rings. The first-order chi connectivity index (χ1) is 10.7. The number of fused-ring (bicyclic) bond motifs is 1. The first kappa shape index (κ1) is 14.6. The molecule has 2 amide bonds. The van der Waals surface area contributed by atoms with Gasteiger partial charge in [-0.15, -0.1) is 11.3 Å². The van der Waals surface area contributed by atoms with Crippen LogP contribution in [-0.4, -0.2) is 31.2 Å². The zero-order chi connectivity index (χ0) is 15.5. The Bertz CT molecular complexity index is 727. The molecule has 1 N–H and O–H groups in total. The Hall–Kier alpha value is -2.31. The number of allylic oxidation sites excluding steroid dienone is 3. The normalized spacial score (nSPS) is 22.0. The zero-order valence-corrected chi connectivity index (χ0v) is 12.7. The van der Waals surface area contributed by atoms with Crippen LogP contribution in [-0.2, 0) is 9.53 Å². The molecule has 112 valence electrons. The number of ether oxygens (including phenoxy) is 1. The minimum absolute atomic E-state index is 0.0339. The minimum atomic E-state index is -0.278. The molecule has 1 atom stereocenters. The average Bonchev–Trinajstić information content (AvgIpc) is 3.01. The second kappa shape index (κ2) is 6.21. The maximum Gasteiger partial charge on any atom is 0.287 e. The Morgan fingerprint density at radius 3 is 3.05 bits per heavy atom. The third kappa shape index (κ3) is 2.98. The van der Waals surface area contributed by atoms with Crippen LogP contribution in [0.15, 0.2) is 58.1 Å². The lowest BCUT2D eigenvalue weighted by molar-refractivity contribution is -0.116. The monoisotopic (exact) mass is 314 g/mol. The summed E-state index contributed by atoms with van der Waals surface area (Å²) < 4.78 is 5.13. The van der Waals surface area contributed by atoms with Crippen molar-refractivity contribution in [3.8, 4) is 0 Å². The van der Waals surface area contributed by atoms with E-state index < -0.39 is 0 Å². The fourth-order valence-electron chi connectivity index (χ4n) is 2.41. The van der Waals surface area contributed by atoms with Crippen molar-refractivity contribution < 1.29 is 14.3 Å². The molecule has 22 heavy (non-hydrogen) atoms. The smallest absolute Gasteiger partial charge is 0.287 e. The lowest BCUT2D eigenvalue weighted by Crippen LogP contribution is -2.34. The number of rotatable bonds is 3. The molecule has 1 aromatic heterocycles. The number of carbonyl (C=O) groups excluding carboxylic acids is 2. The number of aliphatic imine (C=N–C) groups is 1. The summed E-state index contributed by atoms with van der Waals surface area (Å²) in [4.78, 5) is 28.4. The molecule has 6 heteroatoms. The van der Waals surface area contributed by atoms with Crippen molar-refractivity contribution in [2.75, 3.05) is 13.7 Å². The number of thiophene rings is 1. The maximum absolute atomic E-state index is 12.0. The van der Waals surface area contributed by atoms with Crippen LogP contribution >= 0.6 is 11.3 Å². The average molecular weight is 314 g/mol. The number of nitrogens with one attached hydrogen (secondary N) is 1. The van der Waals surface area contributed by atoms with E-state index >= 15 is 0 Å². The van der Waals surface area contributed by atoms with Gasteiger partial charge in [-0.3, -0.25) is 9.59 Å². The molecule has 0 radical (unpaired) electrons. The Balaban J connectivity index is 1.86. The molecular formula is C16H14N2O3S. The highest BCUT2D eigenvalue weighted by molar-refractivity contribution is 7.12. The summed E-state index contributed by atoms with van der Waals surface area (Å²) in [7, 11) is 1.59. The Labute approximate surface area is 131 Å². The minimum Gasteiger partial charge on any atom is -0.380 e. The largest absolute Gasteiger partial charge is 0.380 e. The van der Waals surface area contributed by atoms with Crippen LogP contribution < -0.4 is 5.32 Å². The van der Waals surface area contributed by atoms with Gasteiger partial charge in [0.15, 0.2) is 0 Å². The summed E-state index contributed by atoms with van der Waals surface area (Å²) in [5, 5.41) is 4.63. The van der Waals surface area contributed by atoms with E-state index in [4.69, 9.17) is 4.74 Å². The van der Waals surface area contributed by atoms with E-state index in [0.717, 1.165) is 11.3 Å². The summed E-state index contributed by atoms with van der Waals surface area (Å²) in [6, 6.07) is 3.55. The number of amides is 2. The topological polar surface area (TPSA) is 67.8 Å². The highest BCUT2D eigenvalue weighted by Crippen LogP contribution is 2.27. The van der Waals surface area contributed by atoms with Gasteiger partial charge in [0.2, 0.25) is 5.91 Å². The van der Waals surface area contributed by atoms with Crippen LogP contribution in [0.25, 0.3) is 0 Å². The number of hydrogen-bond donors (Lipinski definition) is 1. The molecule has 3 rings (SSSR count). The maximum atomic E-state index is 12.0. The number of carbonyl (C=O) groups is 2. The Morgan fingerprint density at radius 2 is 2.32 bits per heavy atom. The van der Waals surface area contributed by atoms with Crippen molar-refractivity contribution in [2.45, 2.75) is 0 Å². The molecule has 0 saturated carbocycles. The first-order valence-corrected chi connectivity index (χ1v) is 7.62. The second-order valence-corrected chi connectivity index (χ2v) is 5.84. The van der Waals surface area contributed by atoms with Gasteiger partial charge >= 0.3 is 0 Å². The van der Waals surface area contributed by atoms with Crippen LogP contribution in [0.2, 0.25) is 0 Å². The van der Waals surface area contributed by atoms with Crippen LogP contribution in [0.5, 0.6) is 0 Å². The van der Waals surface area contributed by atoms with Crippen molar-refractivity contribution in [1.82, 2.24) is 5.32 Å². The van der Waals surface area contributed by atoms with Crippen LogP contribution in [0.1, 0.15) is 9.67 Å². The van der Waals surface area contributed by atoms with Crippen LogP contribution in [0.4, 0.5) is 0 Å². The van der Waals surface area contributed by atoms with E-state index in [1.54, 1.807) is 31.4 Å². The molecule has 2 heterocycles. The van der Waals surface area contributed by atoms with Crippen molar-refractivity contribution in [1.29, 1.82) is 0 Å². The molecule has 5 nitrogen and oxygen atoms in total. The number of hydrogen-bond acceptors (Lipinski definition) is 4. The third-order valence-electron chi connectivity index (χ3n) is 3.35. The summed E-state index contributed by atoms with van der Waals surface area (Å²) in [6.07, 6.45) is 6.99. The molecule has 1 aromatic rings. The molecule has 1 unspecified atom stereocenters. The van der Waals surface area contributed by atoms with Crippen LogP contribution in [0.3, 0.4) is 0 Å². The highest BCUT2D eigenvalue weighted by Gasteiger charge is 2.26. The number of nitrogens with zero attached hydrogens (tertiary/aromatic N) is 1. The molecule has 1 aliphatic heterocycles. The molecule has 1 aliphatic carbocycles. The molecule has 0 saturated heterocycles. The van der Waals surface area contributed by atoms with Gasteiger partial charge in [-0.05, 0) is 29.2 Å². The summed E-state index contributed by atoms with van der Waals surface area (Å²) >= 11 is 1.35. The van der Waals surface area contributed by atoms with E-state index in [2.05, 4.69) is 10.3 Å². The standard InChI is InChI=1S/C16H14N2O3S/c1-21-9-10-7-15(19)18-13-8-11(4-5-12(10)13)17-16(20)14-3-2-6-22-14/h2-8,12H,9H2,1H3,(H,18,19). The van der Waals surface area contributed by atoms with Crippen molar-refractivity contribution in [2.24, 2.45) is 10.9 Å². The summed E-state index contributed by atoms with van der Waals surface area (Å²) in [5.74, 6) is -0.498. The molecular weight excluding hydrogens is 300 g/mol. The predicted octanol–water partition coefficient (Wildman–Crippen LogP) is 2.10. The lowest BCUT2D eigenvalue weighted by Gasteiger charge is -2.27. The van der Waals surface area contributed by atoms with Gasteiger partial charge in [-0.25, -0.2) is 4.99 Å². The first-order valence-electron chi connectivity index (χ1n) is 6.74. The Kier molecular flexibility index (Phi) is 4.13. The highest BCUT2D eigenvalue weighted by atomic mass is 32.1. The summed E-state index contributed by atoms with van der Waals surface area (Å²) in [5.41, 5.74) is 2.14. The van der Waals surface area contributed by atoms with Crippen LogP contribution in [0, 0.1) is 5.92 Å². The van der Waals surface area contributed by atoms with Gasteiger partial charge < -0.3 is 10.1 Å². The fraction of sp³-hybridized carbons (Fsp3) is 0.188. The predicted molar refractivity (Wildman–Crippen MR) is 84.9 cm³/mol. The molecule has 0 aromatic carbocycles. The van der Waals surface area contributed by atoms with Gasteiger partial charge in [0.1, 0.15) is 0 Å². The fourth-order valence-corrected chi connectivity index (χ4v) is 3.02. The van der Waals surface area contributed by atoms with Gasteiger partial charge in [0.25, 0.3) is 5.91 Å². The SMILES string of the molecule is COCC1=CC(=O)NC2=CC(=NC(=O)c3cccs3)C=CC12. The van der Waals surface area contributed by atoms with E-state index in [9.17, 15) is 9.59 Å². The van der Waals surface area contributed by atoms with Gasteiger partial charge in [0, 0.05) is 24.8 Å². The van der Waals surface area contributed by atoms with Crippen molar-refractivity contribution in [3.05, 3.63) is 58.0 Å². The molecule has 2 aliphatic rings. The third-order valence-corrected chi connectivity index (χ3v) is 4.21. The van der Waals surface area contributed by atoms with E-state index in [0.29, 0.717) is 17.2 Å². The van der Waals surface area contributed by atoms with E-state index in [1.807, 2.05) is 17.5 Å². The quantitative estimate of drug-likeness (QED) is 0.929. The van der Waals surface area contributed by atoms with E-state index in [-0.39, 0.29) is 17.7 Å². The van der Waals surface area contributed by atoms with E-state index in [1.165, 1.54) is 11.3 Å². The van der Waals surface area contributed by atoms with Crippen molar-refractivity contribution >= 4 is 28.9 Å². The van der Waals surface area contributed by atoms with Gasteiger partial charge in [0.05, 0.1) is 17.2 Å². The second-order valence-electron chi connectivity index (χ2n) is 4.90. The van der Waals surface area contributed by atoms with Crippen molar-refractivity contribution in [3.63, 3.8) is 0 Å².